The largest absolute Gasteiger partial charge is 0.634 e. The average molecular weight is 203 g/mol. The van der Waals surface area contributed by atoms with Crippen LogP contribution in [0.2, 0.25) is 0 Å². The Hall–Kier alpha value is -0.860. The summed E-state index contributed by atoms with van der Waals surface area (Å²) < 4.78 is 0. The number of hydroxylamine groups is 2. The lowest BCUT2D eigenvalue weighted by Gasteiger charge is -2.29. The number of hydrogen-bond acceptors (Lipinski definition) is 1. The van der Waals surface area contributed by atoms with Crippen molar-refractivity contribution < 1.29 is 5.06 Å². The Bertz CT molecular complexity index is 378. The van der Waals surface area contributed by atoms with Gasteiger partial charge >= 0.3 is 0 Å². The van der Waals surface area contributed by atoms with Crippen molar-refractivity contribution in [2.75, 3.05) is 6.54 Å². The van der Waals surface area contributed by atoms with E-state index in [0.717, 1.165) is 6.42 Å². The standard InChI is InChI=1S/C13H17NO/c1-9-7-11-4-2-3-10-5-6-12(13(10)11)8-14(9)15/h3,5-6,9,11,14H,2,4,7-8H2,1H3. The fraction of sp³-hybridized carbons (Fsp3) is 0.538. The van der Waals surface area contributed by atoms with Crippen molar-refractivity contribution in [2.24, 2.45) is 5.92 Å². The maximum Gasteiger partial charge on any atom is 0.103 e. The molecule has 3 aliphatic rings. The quantitative estimate of drug-likeness (QED) is 0.591. The molecule has 3 unspecified atom stereocenters. The molecule has 3 rings (SSSR count). The first kappa shape index (κ1) is 9.37. The van der Waals surface area contributed by atoms with Crippen molar-refractivity contribution in [2.45, 2.75) is 32.2 Å². The van der Waals surface area contributed by atoms with E-state index in [1.807, 2.05) is 0 Å². The van der Waals surface area contributed by atoms with Crippen LogP contribution in [0, 0.1) is 11.1 Å². The number of nitrogens with one attached hydrogen (secondary N) is 1. The van der Waals surface area contributed by atoms with Gasteiger partial charge in [0.2, 0.25) is 0 Å². The van der Waals surface area contributed by atoms with Crippen molar-refractivity contribution in [3.05, 3.63) is 40.2 Å². The summed E-state index contributed by atoms with van der Waals surface area (Å²) in [7, 11) is 0. The summed E-state index contributed by atoms with van der Waals surface area (Å²) in [6.07, 6.45) is 10.2. The summed E-state index contributed by atoms with van der Waals surface area (Å²) in [5, 5.41) is 12.3. The summed E-state index contributed by atoms with van der Waals surface area (Å²) in [5.74, 6) is 0.649. The van der Waals surface area contributed by atoms with Crippen molar-refractivity contribution in [3.8, 4) is 0 Å². The monoisotopic (exact) mass is 203 g/mol. The molecule has 2 aliphatic carbocycles. The Balaban J connectivity index is 2.03. The third kappa shape index (κ3) is 1.40. The molecule has 0 saturated carbocycles. The van der Waals surface area contributed by atoms with Crippen LogP contribution in [0.5, 0.6) is 0 Å². The average Bonchev–Trinajstić information content (AvgIpc) is 2.57. The topological polar surface area (TPSA) is 27.5 Å². The summed E-state index contributed by atoms with van der Waals surface area (Å²) >= 11 is 0. The Morgan fingerprint density at radius 3 is 3.13 bits per heavy atom. The molecule has 0 spiro atoms. The molecule has 1 heterocycles. The Morgan fingerprint density at radius 1 is 1.40 bits per heavy atom. The fourth-order valence-electron chi connectivity index (χ4n) is 3.13. The zero-order valence-electron chi connectivity index (χ0n) is 9.12. The predicted molar refractivity (Wildman–Crippen MR) is 60.2 cm³/mol. The first-order chi connectivity index (χ1) is 7.25. The summed E-state index contributed by atoms with van der Waals surface area (Å²) in [6.45, 7) is 2.76. The highest BCUT2D eigenvalue weighted by Gasteiger charge is 2.32. The lowest BCUT2D eigenvalue weighted by atomic mass is 9.81. The smallest absolute Gasteiger partial charge is 0.103 e. The molecular weight excluding hydrogens is 186 g/mol. The van der Waals surface area contributed by atoms with Gasteiger partial charge in [-0.05, 0) is 36.8 Å². The zero-order chi connectivity index (χ0) is 10.4. The van der Waals surface area contributed by atoms with Gasteiger partial charge in [0.15, 0.2) is 0 Å². The van der Waals surface area contributed by atoms with Gasteiger partial charge in [-0.1, -0.05) is 18.2 Å². The Labute approximate surface area is 90.5 Å². The molecule has 0 amide bonds. The van der Waals surface area contributed by atoms with E-state index in [4.69, 9.17) is 0 Å². The van der Waals surface area contributed by atoms with E-state index in [2.05, 4.69) is 25.2 Å². The second kappa shape index (κ2) is 3.32. The third-order valence-corrected chi connectivity index (χ3v) is 3.96. The first-order valence-electron chi connectivity index (χ1n) is 5.90. The third-order valence-electron chi connectivity index (χ3n) is 3.96. The molecule has 2 heteroatoms. The van der Waals surface area contributed by atoms with E-state index in [1.165, 1.54) is 29.6 Å². The van der Waals surface area contributed by atoms with Crippen LogP contribution >= 0.6 is 0 Å². The molecule has 0 aromatic carbocycles. The van der Waals surface area contributed by atoms with E-state index in [0.29, 0.717) is 17.5 Å². The van der Waals surface area contributed by atoms with Gasteiger partial charge in [-0.25, -0.2) is 0 Å². The molecule has 0 saturated heterocycles. The molecule has 80 valence electrons. The van der Waals surface area contributed by atoms with Crippen LogP contribution in [0.1, 0.15) is 26.2 Å². The van der Waals surface area contributed by atoms with Crippen LogP contribution in [0.15, 0.2) is 34.9 Å². The normalized spacial score (nSPS) is 38.8. The Morgan fingerprint density at radius 2 is 2.27 bits per heavy atom. The van der Waals surface area contributed by atoms with Gasteiger partial charge in [0.1, 0.15) is 6.54 Å². The van der Waals surface area contributed by atoms with E-state index in [1.54, 1.807) is 0 Å². The van der Waals surface area contributed by atoms with Gasteiger partial charge in [-0.3, -0.25) is 0 Å². The minimum absolute atomic E-state index is 0.258. The molecule has 0 aromatic rings. The molecule has 1 aliphatic heterocycles. The first-order valence-corrected chi connectivity index (χ1v) is 5.90. The van der Waals surface area contributed by atoms with Crippen molar-refractivity contribution >= 4 is 0 Å². The number of allylic oxidation sites excluding steroid dienone is 4. The van der Waals surface area contributed by atoms with Crippen molar-refractivity contribution in [1.82, 2.24) is 0 Å². The minimum Gasteiger partial charge on any atom is -0.634 e. The van der Waals surface area contributed by atoms with E-state index < -0.39 is 0 Å². The highest BCUT2D eigenvalue weighted by Crippen LogP contribution is 2.40. The zero-order valence-corrected chi connectivity index (χ0v) is 9.12. The van der Waals surface area contributed by atoms with Crippen molar-refractivity contribution in [3.63, 3.8) is 0 Å². The summed E-state index contributed by atoms with van der Waals surface area (Å²) in [4.78, 5) is 0. The Kier molecular flexibility index (Phi) is 2.08. The highest BCUT2D eigenvalue weighted by atomic mass is 16.5. The van der Waals surface area contributed by atoms with E-state index >= 15 is 0 Å². The molecular formula is C13H17NO. The van der Waals surface area contributed by atoms with Gasteiger partial charge in [0.05, 0.1) is 6.04 Å². The molecule has 3 atom stereocenters. The van der Waals surface area contributed by atoms with Crippen LogP contribution in [-0.2, 0) is 0 Å². The molecule has 0 bridgehead atoms. The lowest BCUT2D eigenvalue weighted by Crippen LogP contribution is -3.10. The predicted octanol–water partition coefficient (Wildman–Crippen LogP) is 1.36. The van der Waals surface area contributed by atoms with Crippen LogP contribution in [0.3, 0.4) is 0 Å². The molecule has 0 radical (unpaired) electrons. The van der Waals surface area contributed by atoms with Crippen LogP contribution in [-0.4, -0.2) is 12.6 Å². The molecule has 0 aromatic heterocycles. The van der Waals surface area contributed by atoms with E-state index in [-0.39, 0.29) is 6.04 Å². The molecule has 1 N–H and O–H groups in total. The van der Waals surface area contributed by atoms with Gasteiger partial charge in [0.25, 0.3) is 0 Å². The van der Waals surface area contributed by atoms with E-state index in [9.17, 15) is 5.21 Å². The number of hydrogen-bond donors (Lipinski definition) is 1. The molecule has 0 fully saturated rings. The maximum absolute atomic E-state index is 11.9. The number of rotatable bonds is 0. The van der Waals surface area contributed by atoms with Crippen molar-refractivity contribution in [1.29, 1.82) is 0 Å². The summed E-state index contributed by atoms with van der Waals surface area (Å²) in [5.41, 5.74) is 4.21. The lowest BCUT2D eigenvalue weighted by molar-refractivity contribution is -0.868. The van der Waals surface area contributed by atoms with Crippen LogP contribution in [0.25, 0.3) is 0 Å². The van der Waals surface area contributed by atoms with Gasteiger partial charge in [-0.2, -0.15) is 0 Å². The second-order valence-corrected chi connectivity index (χ2v) is 4.99. The SMILES string of the molecule is CC1CC2CCC=C3C=CC(=C32)C[NH+]1[O-]. The molecule has 2 nitrogen and oxygen atoms in total. The van der Waals surface area contributed by atoms with Crippen LogP contribution < -0.4 is 5.06 Å². The highest BCUT2D eigenvalue weighted by molar-refractivity contribution is 5.56. The van der Waals surface area contributed by atoms with Gasteiger partial charge in [0, 0.05) is 12.0 Å². The van der Waals surface area contributed by atoms with Gasteiger partial charge < -0.3 is 10.3 Å². The maximum atomic E-state index is 11.9. The second-order valence-electron chi connectivity index (χ2n) is 4.99. The fourth-order valence-corrected chi connectivity index (χ4v) is 3.13. The van der Waals surface area contributed by atoms with Crippen LogP contribution in [0.4, 0.5) is 0 Å². The van der Waals surface area contributed by atoms with Gasteiger partial charge in [-0.15, -0.1) is 0 Å². The number of quaternary nitrogens is 1. The minimum atomic E-state index is 0.258. The molecule has 15 heavy (non-hydrogen) atoms. The summed E-state index contributed by atoms with van der Waals surface area (Å²) in [6, 6.07) is 0.258.